The molecule has 2 heterocycles. The van der Waals surface area contributed by atoms with Gasteiger partial charge in [-0.25, -0.2) is 0 Å². The van der Waals surface area contributed by atoms with Crippen LogP contribution < -0.4 is 5.43 Å². The summed E-state index contributed by atoms with van der Waals surface area (Å²) in [5, 5.41) is 19.4. The van der Waals surface area contributed by atoms with Crippen molar-refractivity contribution in [3.63, 3.8) is 0 Å². The number of aromatic nitrogens is 2. The monoisotopic (exact) mass is 317 g/mol. The minimum absolute atomic E-state index is 0.234. The fourth-order valence-electron chi connectivity index (χ4n) is 2.52. The van der Waals surface area contributed by atoms with Crippen molar-refractivity contribution in [3.8, 4) is 5.75 Å². The molecule has 0 aliphatic heterocycles. The van der Waals surface area contributed by atoms with Crippen LogP contribution in [0.5, 0.6) is 5.75 Å². The summed E-state index contributed by atoms with van der Waals surface area (Å²) in [6, 6.07) is 5.23. The van der Waals surface area contributed by atoms with Gasteiger partial charge in [-0.1, -0.05) is 6.92 Å². The van der Waals surface area contributed by atoms with E-state index in [9.17, 15) is 15.0 Å². The van der Waals surface area contributed by atoms with Gasteiger partial charge in [0.05, 0.1) is 12.3 Å². The van der Waals surface area contributed by atoms with Crippen LogP contribution in [0.4, 0.5) is 0 Å². The molecule has 0 radical (unpaired) electrons. The molecule has 23 heavy (non-hydrogen) atoms. The Kier molecular flexibility index (Phi) is 5.90. The van der Waals surface area contributed by atoms with E-state index in [0.29, 0.717) is 17.9 Å². The lowest BCUT2D eigenvalue weighted by atomic mass is 10.2. The highest BCUT2D eigenvalue weighted by molar-refractivity contribution is 5.29. The highest BCUT2D eigenvalue weighted by Gasteiger charge is 2.15. The zero-order valence-corrected chi connectivity index (χ0v) is 13.6. The normalized spacial score (nSPS) is 11.1. The lowest BCUT2D eigenvalue weighted by molar-refractivity contribution is 0.256. The van der Waals surface area contributed by atoms with E-state index < -0.39 is 5.43 Å². The molecule has 0 saturated carbocycles. The number of hydrogen-bond donors (Lipinski definition) is 2. The molecule has 6 heteroatoms. The van der Waals surface area contributed by atoms with Crippen molar-refractivity contribution in [2.24, 2.45) is 7.05 Å². The average Bonchev–Trinajstić information content (AvgIpc) is 2.58. The highest BCUT2D eigenvalue weighted by atomic mass is 16.3. The average molecular weight is 317 g/mol. The van der Waals surface area contributed by atoms with E-state index in [1.165, 1.54) is 11.6 Å². The van der Waals surface area contributed by atoms with Crippen LogP contribution in [-0.2, 0) is 26.6 Å². The van der Waals surface area contributed by atoms with Gasteiger partial charge in [-0.3, -0.25) is 14.7 Å². The van der Waals surface area contributed by atoms with Gasteiger partial charge in [0.1, 0.15) is 0 Å². The van der Waals surface area contributed by atoms with Crippen LogP contribution in [0.15, 0.2) is 35.4 Å². The molecule has 124 valence electrons. The van der Waals surface area contributed by atoms with Gasteiger partial charge in [0.2, 0.25) is 5.43 Å². The summed E-state index contributed by atoms with van der Waals surface area (Å²) < 4.78 is 1.69. The lowest BCUT2D eigenvalue weighted by Crippen LogP contribution is -2.28. The number of nitrogens with zero attached hydrogens (tertiary/aromatic N) is 3. The van der Waals surface area contributed by atoms with Gasteiger partial charge in [-0.05, 0) is 30.7 Å². The van der Waals surface area contributed by atoms with Crippen molar-refractivity contribution in [3.05, 3.63) is 57.8 Å². The SMILES string of the molecule is CCN(CCc1ccncc1)Cc1c(O)c(=O)cc(CO)n1C. The second kappa shape index (κ2) is 7.89. The number of likely N-dealkylation sites (N-methyl/N-ethyl adjacent to an activating group) is 1. The Hall–Kier alpha value is -2.18. The van der Waals surface area contributed by atoms with Crippen molar-refractivity contribution in [2.75, 3.05) is 13.1 Å². The van der Waals surface area contributed by atoms with E-state index in [2.05, 4.69) is 9.88 Å². The summed E-state index contributed by atoms with van der Waals surface area (Å²) in [4.78, 5) is 18.0. The molecule has 0 aromatic carbocycles. The predicted molar refractivity (Wildman–Crippen MR) is 88.2 cm³/mol. The molecule has 0 fully saturated rings. The molecule has 0 unspecified atom stereocenters. The fourth-order valence-corrected chi connectivity index (χ4v) is 2.52. The van der Waals surface area contributed by atoms with E-state index in [0.717, 1.165) is 19.5 Å². The Bertz CT molecular complexity index is 698. The van der Waals surface area contributed by atoms with Crippen LogP contribution in [0.2, 0.25) is 0 Å². The molecule has 0 aliphatic carbocycles. The molecular weight excluding hydrogens is 294 g/mol. The van der Waals surface area contributed by atoms with Gasteiger partial charge in [-0.2, -0.15) is 0 Å². The number of aliphatic hydroxyl groups is 1. The second-order valence-corrected chi connectivity index (χ2v) is 5.49. The Morgan fingerprint density at radius 1 is 1.30 bits per heavy atom. The maximum atomic E-state index is 11.8. The minimum Gasteiger partial charge on any atom is -0.503 e. The van der Waals surface area contributed by atoms with E-state index in [-0.39, 0.29) is 12.4 Å². The zero-order valence-electron chi connectivity index (χ0n) is 13.6. The summed E-state index contributed by atoms with van der Waals surface area (Å²) in [5.74, 6) is -0.243. The zero-order chi connectivity index (χ0) is 16.8. The van der Waals surface area contributed by atoms with Crippen LogP contribution >= 0.6 is 0 Å². The van der Waals surface area contributed by atoms with Crippen LogP contribution in [0.3, 0.4) is 0 Å². The van der Waals surface area contributed by atoms with Crippen molar-refractivity contribution in [1.82, 2.24) is 14.5 Å². The summed E-state index contributed by atoms with van der Waals surface area (Å²) in [7, 11) is 1.75. The minimum atomic E-state index is -0.452. The maximum absolute atomic E-state index is 11.8. The third-order valence-electron chi connectivity index (χ3n) is 4.09. The molecule has 0 bridgehead atoms. The number of rotatable bonds is 7. The lowest BCUT2D eigenvalue weighted by Gasteiger charge is -2.23. The van der Waals surface area contributed by atoms with E-state index >= 15 is 0 Å². The Labute approximate surface area is 135 Å². The van der Waals surface area contributed by atoms with E-state index in [1.54, 1.807) is 24.0 Å². The maximum Gasteiger partial charge on any atom is 0.223 e. The quantitative estimate of drug-likeness (QED) is 0.798. The molecule has 2 aromatic rings. The van der Waals surface area contributed by atoms with Crippen molar-refractivity contribution in [2.45, 2.75) is 26.5 Å². The Morgan fingerprint density at radius 2 is 2.00 bits per heavy atom. The first-order valence-electron chi connectivity index (χ1n) is 7.69. The fraction of sp³-hybridized carbons (Fsp3) is 0.412. The number of hydrogen-bond acceptors (Lipinski definition) is 5. The van der Waals surface area contributed by atoms with Crippen molar-refractivity contribution < 1.29 is 10.2 Å². The van der Waals surface area contributed by atoms with Crippen LogP contribution in [-0.4, -0.2) is 37.8 Å². The van der Waals surface area contributed by atoms with E-state index in [1.807, 2.05) is 19.1 Å². The smallest absolute Gasteiger partial charge is 0.223 e. The molecule has 6 nitrogen and oxygen atoms in total. The molecule has 0 atom stereocenters. The molecule has 0 saturated heterocycles. The molecule has 2 N–H and O–H groups in total. The third kappa shape index (κ3) is 4.18. The first kappa shape index (κ1) is 17.2. The number of pyridine rings is 2. The number of aromatic hydroxyl groups is 1. The van der Waals surface area contributed by atoms with Gasteiger partial charge in [0, 0.05) is 44.3 Å². The van der Waals surface area contributed by atoms with E-state index in [4.69, 9.17) is 0 Å². The molecule has 0 amide bonds. The van der Waals surface area contributed by atoms with Crippen LogP contribution in [0, 0.1) is 0 Å². The summed E-state index contributed by atoms with van der Waals surface area (Å²) >= 11 is 0. The van der Waals surface area contributed by atoms with Crippen molar-refractivity contribution >= 4 is 0 Å². The standard InChI is InChI=1S/C17H23N3O3/c1-3-20(9-6-13-4-7-18-8-5-13)11-15-17(23)16(22)10-14(12-21)19(15)2/h4-5,7-8,10,21,23H,3,6,9,11-12H2,1-2H3. The topological polar surface area (TPSA) is 78.6 Å². The summed E-state index contributed by atoms with van der Waals surface area (Å²) in [6.45, 7) is 3.85. The molecular formula is C17H23N3O3. The summed E-state index contributed by atoms with van der Waals surface area (Å²) in [5.41, 5.74) is 1.76. The Morgan fingerprint density at radius 3 is 2.61 bits per heavy atom. The van der Waals surface area contributed by atoms with Gasteiger partial charge >= 0.3 is 0 Å². The second-order valence-electron chi connectivity index (χ2n) is 5.49. The van der Waals surface area contributed by atoms with Gasteiger partial charge in [0.25, 0.3) is 0 Å². The molecule has 0 spiro atoms. The molecule has 2 rings (SSSR count). The first-order valence-corrected chi connectivity index (χ1v) is 7.69. The third-order valence-corrected chi connectivity index (χ3v) is 4.09. The molecule has 2 aromatic heterocycles. The van der Waals surface area contributed by atoms with Gasteiger partial charge < -0.3 is 14.8 Å². The highest BCUT2D eigenvalue weighted by Crippen LogP contribution is 2.16. The largest absolute Gasteiger partial charge is 0.503 e. The Balaban J connectivity index is 2.15. The predicted octanol–water partition coefficient (Wildman–Crippen LogP) is 1.04. The first-order chi connectivity index (χ1) is 11.1. The van der Waals surface area contributed by atoms with Crippen LogP contribution in [0.1, 0.15) is 23.9 Å². The number of aliphatic hydroxyl groups excluding tert-OH is 1. The van der Waals surface area contributed by atoms with Crippen molar-refractivity contribution in [1.29, 1.82) is 0 Å². The van der Waals surface area contributed by atoms with Gasteiger partial charge in [0.15, 0.2) is 5.75 Å². The van der Waals surface area contributed by atoms with Crippen LogP contribution in [0.25, 0.3) is 0 Å². The van der Waals surface area contributed by atoms with Gasteiger partial charge in [-0.15, -0.1) is 0 Å². The molecule has 0 aliphatic rings. The summed E-state index contributed by atoms with van der Waals surface area (Å²) in [6.07, 6.45) is 4.41.